The minimum absolute atomic E-state index is 0.100. The van der Waals surface area contributed by atoms with Gasteiger partial charge in [0, 0.05) is 16.9 Å². The van der Waals surface area contributed by atoms with Crippen LogP contribution in [0, 0.1) is 19.7 Å². The first-order chi connectivity index (χ1) is 16.9. The highest BCUT2D eigenvalue weighted by Crippen LogP contribution is 2.23. The fourth-order valence-corrected chi connectivity index (χ4v) is 4.17. The summed E-state index contributed by atoms with van der Waals surface area (Å²) in [7, 11) is 0. The first-order valence-electron chi connectivity index (χ1n) is 10.9. The van der Waals surface area contributed by atoms with E-state index in [2.05, 4.69) is 20.8 Å². The molecule has 0 aliphatic carbocycles. The van der Waals surface area contributed by atoms with Crippen LogP contribution in [0.3, 0.4) is 0 Å². The molecular formula is C26H24FN5O2S. The van der Waals surface area contributed by atoms with Crippen LogP contribution in [-0.2, 0) is 11.3 Å². The summed E-state index contributed by atoms with van der Waals surface area (Å²) in [6, 6.07) is 20.6. The van der Waals surface area contributed by atoms with Crippen LogP contribution >= 0.6 is 11.8 Å². The highest BCUT2D eigenvalue weighted by molar-refractivity contribution is 7.99. The van der Waals surface area contributed by atoms with E-state index in [9.17, 15) is 14.0 Å². The highest BCUT2D eigenvalue weighted by Gasteiger charge is 2.17. The highest BCUT2D eigenvalue weighted by atomic mass is 32.2. The standard InChI is InChI=1S/C26H24FN5O2S/c1-17-8-9-18(2)22(14-17)29-24(33)16-35-26-31-30-23(32(26)21-12-10-20(27)11-13-21)15-28-25(34)19-6-4-3-5-7-19/h3-14H,15-16H2,1-2H3,(H,28,34)(H,29,33). The van der Waals surface area contributed by atoms with Crippen LogP contribution in [0.25, 0.3) is 5.69 Å². The summed E-state index contributed by atoms with van der Waals surface area (Å²) in [5.41, 5.74) is 3.94. The summed E-state index contributed by atoms with van der Waals surface area (Å²) in [4.78, 5) is 25.1. The number of anilines is 1. The van der Waals surface area contributed by atoms with Crippen molar-refractivity contribution in [2.75, 3.05) is 11.1 Å². The number of thioether (sulfide) groups is 1. The van der Waals surface area contributed by atoms with Crippen molar-refractivity contribution in [3.05, 3.63) is 101 Å². The van der Waals surface area contributed by atoms with E-state index in [4.69, 9.17) is 0 Å². The zero-order chi connectivity index (χ0) is 24.8. The molecule has 0 fully saturated rings. The van der Waals surface area contributed by atoms with Crippen molar-refractivity contribution in [3.63, 3.8) is 0 Å². The van der Waals surface area contributed by atoms with E-state index in [1.54, 1.807) is 41.0 Å². The molecule has 0 aliphatic heterocycles. The minimum Gasteiger partial charge on any atom is -0.345 e. The van der Waals surface area contributed by atoms with E-state index < -0.39 is 0 Å². The molecule has 4 aromatic rings. The van der Waals surface area contributed by atoms with Crippen LogP contribution in [-0.4, -0.2) is 32.3 Å². The van der Waals surface area contributed by atoms with Gasteiger partial charge in [0.15, 0.2) is 11.0 Å². The lowest BCUT2D eigenvalue weighted by Crippen LogP contribution is -2.24. The van der Waals surface area contributed by atoms with Crippen molar-refractivity contribution in [2.45, 2.75) is 25.5 Å². The van der Waals surface area contributed by atoms with Gasteiger partial charge in [-0.1, -0.05) is 42.1 Å². The number of nitrogens with one attached hydrogen (secondary N) is 2. The molecule has 9 heteroatoms. The van der Waals surface area contributed by atoms with Crippen LogP contribution in [0.1, 0.15) is 27.3 Å². The number of carbonyl (C=O) groups excluding carboxylic acids is 2. The number of nitrogens with zero attached hydrogens (tertiary/aromatic N) is 3. The van der Waals surface area contributed by atoms with Crippen molar-refractivity contribution in [1.82, 2.24) is 20.1 Å². The third-order valence-corrected chi connectivity index (χ3v) is 6.16. The van der Waals surface area contributed by atoms with Gasteiger partial charge < -0.3 is 10.6 Å². The number of carbonyl (C=O) groups is 2. The summed E-state index contributed by atoms with van der Waals surface area (Å²) in [6.45, 7) is 4.00. The molecule has 7 nitrogen and oxygen atoms in total. The van der Waals surface area contributed by atoms with Crippen LogP contribution in [0.2, 0.25) is 0 Å². The molecule has 0 saturated carbocycles. The van der Waals surface area contributed by atoms with Gasteiger partial charge in [-0.2, -0.15) is 0 Å². The molecule has 0 bridgehead atoms. The number of hydrogen-bond donors (Lipinski definition) is 2. The Hall–Kier alpha value is -3.98. The Morgan fingerprint density at radius 1 is 0.971 bits per heavy atom. The van der Waals surface area contributed by atoms with Gasteiger partial charge in [0.25, 0.3) is 5.91 Å². The maximum absolute atomic E-state index is 13.5. The molecule has 0 saturated heterocycles. The monoisotopic (exact) mass is 489 g/mol. The fraction of sp³-hybridized carbons (Fsp3) is 0.154. The predicted molar refractivity (Wildman–Crippen MR) is 134 cm³/mol. The number of benzene rings is 3. The normalized spacial score (nSPS) is 10.7. The molecule has 0 unspecified atom stereocenters. The Balaban J connectivity index is 1.51. The zero-order valence-electron chi connectivity index (χ0n) is 19.3. The average Bonchev–Trinajstić information content (AvgIpc) is 3.27. The minimum atomic E-state index is -0.372. The van der Waals surface area contributed by atoms with Crippen molar-refractivity contribution < 1.29 is 14.0 Å². The van der Waals surface area contributed by atoms with Crippen molar-refractivity contribution in [2.24, 2.45) is 0 Å². The molecule has 0 spiro atoms. The molecule has 1 aromatic heterocycles. The summed E-state index contributed by atoms with van der Waals surface area (Å²) >= 11 is 1.21. The first kappa shape index (κ1) is 24.2. The Labute approximate surface area is 206 Å². The van der Waals surface area contributed by atoms with E-state index in [0.29, 0.717) is 22.2 Å². The van der Waals surface area contributed by atoms with E-state index in [1.165, 1.54) is 23.9 Å². The predicted octanol–water partition coefficient (Wildman–Crippen LogP) is 4.68. The van der Waals surface area contributed by atoms with E-state index in [0.717, 1.165) is 16.8 Å². The Morgan fingerprint density at radius 2 is 1.71 bits per heavy atom. The maximum Gasteiger partial charge on any atom is 0.251 e. The lowest BCUT2D eigenvalue weighted by atomic mass is 10.1. The topological polar surface area (TPSA) is 88.9 Å². The number of hydrogen-bond acceptors (Lipinski definition) is 5. The maximum atomic E-state index is 13.5. The Morgan fingerprint density at radius 3 is 2.46 bits per heavy atom. The van der Waals surface area contributed by atoms with Gasteiger partial charge in [0.2, 0.25) is 5.91 Å². The molecule has 2 N–H and O–H groups in total. The van der Waals surface area contributed by atoms with E-state index in [1.807, 2.05) is 38.1 Å². The number of halogens is 1. The van der Waals surface area contributed by atoms with Crippen LogP contribution in [0.4, 0.5) is 10.1 Å². The summed E-state index contributed by atoms with van der Waals surface area (Å²) in [5.74, 6) is -0.248. The molecule has 35 heavy (non-hydrogen) atoms. The molecule has 4 rings (SSSR count). The van der Waals surface area contributed by atoms with Crippen LogP contribution in [0.15, 0.2) is 78.0 Å². The van der Waals surface area contributed by atoms with Crippen molar-refractivity contribution in [1.29, 1.82) is 0 Å². The van der Waals surface area contributed by atoms with Crippen molar-refractivity contribution in [3.8, 4) is 5.69 Å². The quantitative estimate of drug-likeness (QED) is 0.351. The molecule has 178 valence electrons. The molecule has 0 radical (unpaired) electrons. The van der Waals surface area contributed by atoms with Gasteiger partial charge in [-0.3, -0.25) is 14.2 Å². The molecule has 0 aliphatic rings. The third-order valence-electron chi connectivity index (χ3n) is 5.23. The zero-order valence-corrected chi connectivity index (χ0v) is 20.1. The second kappa shape index (κ2) is 11.0. The number of rotatable bonds is 8. The lowest BCUT2D eigenvalue weighted by molar-refractivity contribution is -0.113. The number of amides is 2. The molecular weight excluding hydrogens is 465 g/mol. The van der Waals surface area contributed by atoms with Crippen molar-refractivity contribution >= 4 is 29.3 Å². The summed E-state index contributed by atoms with van der Waals surface area (Å²) in [5, 5.41) is 14.7. The summed E-state index contributed by atoms with van der Waals surface area (Å²) < 4.78 is 15.2. The molecule has 2 amide bonds. The van der Waals surface area contributed by atoms with Crippen LogP contribution < -0.4 is 10.6 Å². The van der Waals surface area contributed by atoms with Gasteiger partial charge in [0.05, 0.1) is 12.3 Å². The van der Waals surface area contributed by atoms with E-state index >= 15 is 0 Å². The van der Waals surface area contributed by atoms with Gasteiger partial charge in [0.1, 0.15) is 5.82 Å². The van der Waals surface area contributed by atoms with Gasteiger partial charge in [-0.15, -0.1) is 10.2 Å². The Bertz CT molecular complexity index is 1340. The second-order valence-electron chi connectivity index (χ2n) is 7.91. The lowest BCUT2D eigenvalue weighted by Gasteiger charge is -2.12. The van der Waals surface area contributed by atoms with Crippen LogP contribution in [0.5, 0.6) is 0 Å². The Kier molecular flexibility index (Phi) is 7.57. The van der Waals surface area contributed by atoms with Gasteiger partial charge >= 0.3 is 0 Å². The van der Waals surface area contributed by atoms with Gasteiger partial charge in [-0.25, -0.2) is 4.39 Å². The second-order valence-corrected chi connectivity index (χ2v) is 8.86. The number of aromatic nitrogens is 3. The first-order valence-corrected chi connectivity index (χ1v) is 11.9. The largest absolute Gasteiger partial charge is 0.345 e. The molecule has 1 heterocycles. The third kappa shape index (κ3) is 6.13. The smallest absolute Gasteiger partial charge is 0.251 e. The van der Waals surface area contributed by atoms with Gasteiger partial charge in [-0.05, 0) is 67.4 Å². The average molecular weight is 490 g/mol. The SMILES string of the molecule is Cc1ccc(C)c(NC(=O)CSc2nnc(CNC(=O)c3ccccc3)n2-c2ccc(F)cc2)c1. The van der Waals surface area contributed by atoms with E-state index in [-0.39, 0.29) is 29.9 Å². The number of aryl methyl sites for hydroxylation is 2. The molecule has 0 atom stereocenters. The fourth-order valence-electron chi connectivity index (χ4n) is 3.40. The molecule has 3 aromatic carbocycles. The summed E-state index contributed by atoms with van der Waals surface area (Å²) in [6.07, 6.45) is 0.